The lowest BCUT2D eigenvalue weighted by molar-refractivity contribution is -0.109. The van der Waals surface area contributed by atoms with Crippen molar-refractivity contribution >= 4 is 6.29 Å². The third kappa shape index (κ3) is 2.52. The first kappa shape index (κ1) is 9.67. The van der Waals surface area contributed by atoms with Crippen molar-refractivity contribution in [3.05, 3.63) is 23.9 Å². The largest absolute Gasteiger partial charge is 0.478 e. The summed E-state index contributed by atoms with van der Waals surface area (Å²) in [7, 11) is 0. The molecule has 4 heteroatoms. The second-order valence-electron chi connectivity index (χ2n) is 2.52. The van der Waals surface area contributed by atoms with E-state index in [4.69, 9.17) is 10.5 Å². The molecule has 13 heavy (non-hydrogen) atoms. The van der Waals surface area contributed by atoms with E-state index in [0.29, 0.717) is 24.3 Å². The van der Waals surface area contributed by atoms with Crippen LogP contribution in [-0.4, -0.2) is 17.9 Å². The number of carbonyl (C=O) groups is 1. The van der Waals surface area contributed by atoms with Gasteiger partial charge in [0.2, 0.25) is 5.88 Å². The molecule has 0 aromatic carbocycles. The van der Waals surface area contributed by atoms with Gasteiger partial charge in [0, 0.05) is 12.3 Å². The number of nitrogens with zero attached hydrogens (tertiary/aromatic N) is 1. The summed E-state index contributed by atoms with van der Waals surface area (Å²) >= 11 is 0. The van der Waals surface area contributed by atoms with Gasteiger partial charge in [0.25, 0.3) is 0 Å². The molecule has 1 unspecified atom stereocenters. The molecule has 0 saturated carbocycles. The highest BCUT2D eigenvalue weighted by Gasteiger charge is 2.03. The monoisotopic (exact) mass is 180 g/mol. The third-order valence-electron chi connectivity index (χ3n) is 1.58. The molecule has 1 heterocycles. The van der Waals surface area contributed by atoms with E-state index >= 15 is 0 Å². The van der Waals surface area contributed by atoms with Crippen LogP contribution in [-0.2, 0) is 4.79 Å². The number of ether oxygens (including phenoxy) is 1. The van der Waals surface area contributed by atoms with Crippen molar-refractivity contribution in [1.82, 2.24) is 4.98 Å². The molecule has 0 aliphatic rings. The number of nitrogens with two attached hydrogens (primary N) is 1. The molecule has 1 atom stereocenters. The van der Waals surface area contributed by atoms with Gasteiger partial charge in [-0.05, 0) is 12.5 Å². The van der Waals surface area contributed by atoms with Crippen molar-refractivity contribution < 1.29 is 9.53 Å². The Morgan fingerprint density at radius 1 is 1.69 bits per heavy atom. The van der Waals surface area contributed by atoms with Gasteiger partial charge in [-0.15, -0.1) is 0 Å². The fourth-order valence-electron chi connectivity index (χ4n) is 0.901. The molecule has 0 aliphatic heterocycles. The number of hydrogen-bond donors (Lipinski definition) is 1. The van der Waals surface area contributed by atoms with Crippen LogP contribution in [0.25, 0.3) is 0 Å². The topological polar surface area (TPSA) is 65.2 Å². The van der Waals surface area contributed by atoms with E-state index in [1.165, 1.54) is 0 Å². The van der Waals surface area contributed by atoms with E-state index in [2.05, 4.69) is 4.98 Å². The van der Waals surface area contributed by atoms with Gasteiger partial charge in [0.15, 0.2) is 0 Å². The van der Waals surface area contributed by atoms with Crippen LogP contribution in [0.2, 0.25) is 0 Å². The first-order valence-electron chi connectivity index (χ1n) is 4.07. The Morgan fingerprint density at radius 3 is 2.92 bits per heavy atom. The van der Waals surface area contributed by atoms with Gasteiger partial charge in [-0.2, -0.15) is 0 Å². The first-order chi connectivity index (χ1) is 6.27. The second kappa shape index (κ2) is 4.57. The Kier molecular flexibility index (Phi) is 3.40. The molecule has 70 valence electrons. The number of carbonyl (C=O) groups excluding carboxylic acids is 1. The minimum absolute atomic E-state index is 0.546. The number of aldehydes is 1. The van der Waals surface area contributed by atoms with Gasteiger partial charge in [-0.25, -0.2) is 4.98 Å². The molecule has 2 N–H and O–H groups in total. The molecule has 0 fully saturated rings. The highest BCUT2D eigenvalue weighted by Crippen LogP contribution is 2.11. The van der Waals surface area contributed by atoms with Gasteiger partial charge >= 0.3 is 0 Å². The van der Waals surface area contributed by atoms with Crippen LogP contribution in [0.5, 0.6) is 5.88 Å². The lowest BCUT2D eigenvalue weighted by atomic mass is 10.1. The average molecular weight is 180 g/mol. The van der Waals surface area contributed by atoms with E-state index < -0.39 is 6.04 Å². The second-order valence-corrected chi connectivity index (χ2v) is 2.52. The van der Waals surface area contributed by atoms with Crippen molar-refractivity contribution in [3.63, 3.8) is 0 Å². The summed E-state index contributed by atoms with van der Waals surface area (Å²) in [5, 5.41) is 0. The number of rotatable bonds is 4. The smallest absolute Gasteiger partial charge is 0.213 e. The van der Waals surface area contributed by atoms with Gasteiger partial charge in [-0.1, -0.05) is 6.07 Å². The molecule has 4 nitrogen and oxygen atoms in total. The molecule has 0 aliphatic carbocycles. The van der Waals surface area contributed by atoms with Crippen molar-refractivity contribution in [2.24, 2.45) is 5.73 Å². The Morgan fingerprint density at radius 2 is 2.46 bits per heavy atom. The number of aromatic nitrogens is 1. The number of pyridine rings is 1. The van der Waals surface area contributed by atoms with Gasteiger partial charge < -0.3 is 15.3 Å². The summed E-state index contributed by atoms with van der Waals surface area (Å²) in [4.78, 5) is 14.3. The molecular formula is C9H12N2O2. The maximum atomic E-state index is 10.3. The minimum Gasteiger partial charge on any atom is -0.478 e. The van der Waals surface area contributed by atoms with E-state index in [1.807, 2.05) is 6.92 Å². The zero-order chi connectivity index (χ0) is 9.68. The Balaban J connectivity index is 2.74. The molecule has 0 bridgehead atoms. The molecule has 1 aromatic rings. The lowest BCUT2D eigenvalue weighted by Gasteiger charge is -2.05. The van der Waals surface area contributed by atoms with Crippen molar-refractivity contribution in [2.45, 2.75) is 13.0 Å². The predicted octanol–water partition coefficient (Wildman–Crippen LogP) is 0.679. The Hall–Kier alpha value is -1.42. The van der Waals surface area contributed by atoms with E-state index in [0.717, 1.165) is 0 Å². The highest BCUT2D eigenvalue weighted by molar-refractivity contribution is 5.60. The lowest BCUT2D eigenvalue weighted by Crippen LogP contribution is -2.11. The zero-order valence-electron chi connectivity index (χ0n) is 7.43. The van der Waals surface area contributed by atoms with E-state index in [9.17, 15) is 4.79 Å². The summed E-state index contributed by atoms with van der Waals surface area (Å²) in [6, 6.07) is 2.84. The summed E-state index contributed by atoms with van der Waals surface area (Å²) in [6.45, 7) is 2.46. The quantitative estimate of drug-likeness (QED) is 0.692. The molecular weight excluding hydrogens is 168 g/mol. The molecule has 0 spiro atoms. The van der Waals surface area contributed by atoms with Crippen LogP contribution >= 0.6 is 0 Å². The van der Waals surface area contributed by atoms with Crippen LogP contribution in [0.3, 0.4) is 0 Å². The molecule has 1 rings (SSSR count). The van der Waals surface area contributed by atoms with Crippen molar-refractivity contribution in [1.29, 1.82) is 0 Å². The van der Waals surface area contributed by atoms with Crippen LogP contribution in [0, 0.1) is 0 Å². The molecule has 0 amide bonds. The van der Waals surface area contributed by atoms with E-state index in [-0.39, 0.29) is 0 Å². The summed E-state index contributed by atoms with van der Waals surface area (Å²) in [6.07, 6.45) is 2.22. The maximum absolute atomic E-state index is 10.3. The fraction of sp³-hybridized carbons (Fsp3) is 0.333. The summed E-state index contributed by atoms with van der Waals surface area (Å²) in [5.74, 6) is 0.546. The predicted molar refractivity (Wildman–Crippen MR) is 48.4 cm³/mol. The zero-order valence-corrected chi connectivity index (χ0v) is 7.43. The Labute approximate surface area is 76.7 Å². The van der Waals surface area contributed by atoms with E-state index in [1.54, 1.807) is 18.3 Å². The standard InChI is InChI=1S/C9H12N2O2/c1-2-13-9-4-3-7(5-11-9)8(10)6-12/h3-6,8H,2,10H2,1H3. The summed E-state index contributed by atoms with van der Waals surface area (Å²) < 4.78 is 5.13. The average Bonchev–Trinajstić information content (AvgIpc) is 2.18. The molecule has 1 aromatic heterocycles. The van der Waals surface area contributed by atoms with Gasteiger partial charge in [0.05, 0.1) is 12.6 Å². The van der Waals surface area contributed by atoms with Crippen LogP contribution in [0.4, 0.5) is 0 Å². The normalized spacial score (nSPS) is 12.2. The number of hydrogen-bond acceptors (Lipinski definition) is 4. The van der Waals surface area contributed by atoms with Gasteiger partial charge in [0.1, 0.15) is 6.29 Å². The highest BCUT2D eigenvalue weighted by atomic mass is 16.5. The molecule has 0 radical (unpaired) electrons. The minimum atomic E-state index is -0.594. The third-order valence-corrected chi connectivity index (χ3v) is 1.58. The fourth-order valence-corrected chi connectivity index (χ4v) is 0.901. The van der Waals surface area contributed by atoms with Crippen LogP contribution < -0.4 is 10.5 Å². The first-order valence-corrected chi connectivity index (χ1v) is 4.07. The Bertz CT molecular complexity index is 271. The SMILES string of the molecule is CCOc1ccc(C(N)C=O)cn1. The van der Waals surface area contributed by atoms with Crippen molar-refractivity contribution in [2.75, 3.05) is 6.61 Å². The summed E-state index contributed by atoms with van der Waals surface area (Å²) in [5.41, 5.74) is 6.16. The van der Waals surface area contributed by atoms with Crippen LogP contribution in [0.15, 0.2) is 18.3 Å². The molecule has 0 saturated heterocycles. The van der Waals surface area contributed by atoms with Gasteiger partial charge in [-0.3, -0.25) is 0 Å². The maximum Gasteiger partial charge on any atom is 0.213 e. The van der Waals surface area contributed by atoms with Crippen LogP contribution in [0.1, 0.15) is 18.5 Å². The van der Waals surface area contributed by atoms with Crippen molar-refractivity contribution in [3.8, 4) is 5.88 Å².